The molecule has 2 N–H and O–H groups in total. The molecule has 0 aliphatic carbocycles. The summed E-state index contributed by atoms with van der Waals surface area (Å²) in [5.74, 6) is 2.59. The lowest BCUT2D eigenvalue weighted by Crippen LogP contribution is -2.09. The van der Waals surface area contributed by atoms with Crippen LogP contribution in [-0.4, -0.2) is 0 Å². The highest BCUT2D eigenvalue weighted by Crippen LogP contribution is 2.26. The van der Waals surface area contributed by atoms with E-state index in [1.807, 2.05) is 12.1 Å². The van der Waals surface area contributed by atoms with Gasteiger partial charge in [-0.15, -0.1) is 12.3 Å². The fourth-order valence-electron chi connectivity index (χ4n) is 1.33. The number of rotatable bonds is 4. The van der Waals surface area contributed by atoms with Crippen LogP contribution in [-0.2, 0) is 0 Å². The molecule has 0 amide bonds. The number of hydrogen-bond acceptors (Lipinski definition) is 1. The van der Waals surface area contributed by atoms with Crippen LogP contribution in [0.5, 0.6) is 0 Å². The highest BCUT2D eigenvalue weighted by molar-refractivity contribution is 6.42. The van der Waals surface area contributed by atoms with Crippen LogP contribution in [0.4, 0.5) is 0 Å². The zero-order chi connectivity index (χ0) is 11.3. The molecular weight excluding hydrogens is 229 g/mol. The maximum atomic E-state index is 5.98. The van der Waals surface area contributed by atoms with Gasteiger partial charge >= 0.3 is 0 Å². The van der Waals surface area contributed by atoms with Crippen molar-refractivity contribution in [1.29, 1.82) is 0 Å². The van der Waals surface area contributed by atoms with E-state index in [4.69, 9.17) is 35.4 Å². The Hall–Kier alpha value is -0.680. The first-order valence-electron chi connectivity index (χ1n) is 4.79. The molecule has 0 aliphatic heterocycles. The van der Waals surface area contributed by atoms with Crippen molar-refractivity contribution < 1.29 is 0 Å². The van der Waals surface area contributed by atoms with Gasteiger partial charge in [0.25, 0.3) is 0 Å². The standard InChI is InChI=1S/C12H13Cl2N/c1-2-3-4-5-12(15)9-6-7-10(13)11(14)8-9/h1,6-8,12H,3-5,15H2. The van der Waals surface area contributed by atoms with Crippen molar-refractivity contribution in [3.8, 4) is 12.3 Å². The molecule has 80 valence electrons. The van der Waals surface area contributed by atoms with E-state index in [1.54, 1.807) is 6.07 Å². The van der Waals surface area contributed by atoms with Gasteiger partial charge < -0.3 is 5.73 Å². The van der Waals surface area contributed by atoms with Gasteiger partial charge in [-0.25, -0.2) is 0 Å². The zero-order valence-electron chi connectivity index (χ0n) is 8.34. The van der Waals surface area contributed by atoms with E-state index in [0.29, 0.717) is 10.0 Å². The van der Waals surface area contributed by atoms with Crippen LogP contribution in [0.15, 0.2) is 18.2 Å². The minimum absolute atomic E-state index is 0.0203. The maximum Gasteiger partial charge on any atom is 0.0595 e. The van der Waals surface area contributed by atoms with E-state index in [1.165, 1.54) is 0 Å². The number of nitrogens with two attached hydrogens (primary N) is 1. The summed E-state index contributed by atoms with van der Waals surface area (Å²) in [6.45, 7) is 0. The number of halogens is 2. The van der Waals surface area contributed by atoms with Gasteiger partial charge in [-0.05, 0) is 30.5 Å². The molecule has 0 aromatic heterocycles. The van der Waals surface area contributed by atoms with Crippen LogP contribution in [0.1, 0.15) is 30.9 Å². The van der Waals surface area contributed by atoms with Gasteiger partial charge in [0.15, 0.2) is 0 Å². The van der Waals surface area contributed by atoms with Crippen molar-refractivity contribution in [2.75, 3.05) is 0 Å². The lowest BCUT2D eigenvalue weighted by atomic mass is 10.0. The Morgan fingerprint density at radius 1 is 1.33 bits per heavy atom. The van der Waals surface area contributed by atoms with Gasteiger partial charge in [0.2, 0.25) is 0 Å². The molecule has 0 fully saturated rings. The number of benzene rings is 1. The third-order valence-corrected chi connectivity index (χ3v) is 2.95. The Morgan fingerprint density at radius 2 is 2.07 bits per heavy atom. The zero-order valence-corrected chi connectivity index (χ0v) is 9.85. The Balaban J connectivity index is 2.62. The lowest BCUT2D eigenvalue weighted by Gasteiger charge is -2.11. The smallest absolute Gasteiger partial charge is 0.0595 e. The molecule has 1 rings (SSSR count). The number of hydrogen-bond donors (Lipinski definition) is 1. The first-order chi connectivity index (χ1) is 7.15. The first kappa shape index (κ1) is 12.4. The summed E-state index contributed by atoms with van der Waals surface area (Å²) < 4.78 is 0. The van der Waals surface area contributed by atoms with Crippen LogP contribution in [0.25, 0.3) is 0 Å². The average molecular weight is 242 g/mol. The highest BCUT2D eigenvalue weighted by atomic mass is 35.5. The monoisotopic (exact) mass is 241 g/mol. The summed E-state index contributed by atoms with van der Waals surface area (Å²) in [4.78, 5) is 0. The summed E-state index contributed by atoms with van der Waals surface area (Å²) in [6.07, 6.45) is 7.72. The van der Waals surface area contributed by atoms with Crippen molar-refractivity contribution >= 4 is 23.2 Å². The molecule has 0 spiro atoms. The Kier molecular flexibility index (Phi) is 4.98. The molecule has 0 aliphatic rings. The van der Waals surface area contributed by atoms with E-state index in [-0.39, 0.29) is 6.04 Å². The van der Waals surface area contributed by atoms with Crippen molar-refractivity contribution in [3.05, 3.63) is 33.8 Å². The minimum Gasteiger partial charge on any atom is -0.324 e. The molecule has 1 atom stereocenters. The van der Waals surface area contributed by atoms with E-state index < -0.39 is 0 Å². The predicted molar refractivity (Wildman–Crippen MR) is 66.1 cm³/mol. The number of unbranched alkanes of at least 4 members (excludes halogenated alkanes) is 1. The fraction of sp³-hybridized carbons (Fsp3) is 0.333. The quantitative estimate of drug-likeness (QED) is 0.630. The van der Waals surface area contributed by atoms with Crippen molar-refractivity contribution in [1.82, 2.24) is 0 Å². The van der Waals surface area contributed by atoms with Crippen LogP contribution in [0.2, 0.25) is 10.0 Å². The van der Waals surface area contributed by atoms with Gasteiger partial charge in [0.1, 0.15) is 0 Å². The van der Waals surface area contributed by atoms with Crippen molar-refractivity contribution in [2.45, 2.75) is 25.3 Å². The Labute approximate surface area is 101 Å². The molecule has 15 heavy (non-hydrogen) atoms. The Bertz CT molecular complexity index is 368. The lowest BCUT2D eigenvalue weighted by molar-refractivity contribution is 0.621. The summed E-state index contributed by atoms with van der Waals surface area (Å²) >= 11 is 11.7. The van der Waals surface area contributed by atoms with E-state index in [9.17, 15) is 0 Å². The topological polar surface area (TPSA) is 26.0 Å². The molecule has 3 heteroatoms. The third kappa shape index (κ3) is 3.76. The van der Waals surface area contributed by atoms with Gasteiger partial charge in [0, 0.05) is 12.5 Å². The van der Waals surface area contributed by atoms with Gasteiger partial charge in [-0.2, -0.15) is 0 Å². The molecule has 1 aromatic carbocycles. The fourth-order valence-corrected chi connectivity index (χ4v) is 1.64. The van der Waals surface area contributed by atoms with Crippen LogP contribution in [0.3, 0.4) is 0 Å². The first-order valence-corrected chi connectivity index (χ1v) is 5.54. The Morgan fingerprint density at radius 3 is 2.67 bits per heavy atom. The second kappa shape index (κ2) is 6.02. The van der Waals surface area contributed by atoms with E-state index in [2.05, 4.69) is 5.92 Å². The van der Waals surface area contributed by atoms with E-state index >= 15 is 0 Å². The second-order valence-electron chi connectivity index (χ2n) is 3.38. The molecule has 0 radical (unpaired) electrons. The highest BCUT2D eigenvalue weighted by Gasteiger charge is 2.07. The molecule has 0 heterocycles. The van der Waals surface area contributed by atoms with Crippen LogP contribution >= 0.6 is 23.2 Å². The van der Waals surface area contributed by atoms with Crippen LogP contribution < -0.4 is 5.73 Å². The second-order valence-corrected chi connectivity index (χ2v) is 4.19. The molecule has 1 nitrogen and oxygen atoms in total. The summed E-state index contributed by atoms with van der Waals surface area (Å²) in [5, 5.41) is 1.10. The molecule has 1 unspecified atom stereocenters. The predicted octanol–water partition coefficient (Wildman–Crippen LogP) is 3.80. The average Bonchev–Trinajstić information content (AvgIpc) is 2.22. The summed E-state index contributed by atoms with van der Waals surface area (Å²) in [5.41, 5.74) is 6.99. The summed E-state index contributed by atoms with van der Waals surface area (Å²) in [6, 6.07) is 5.45. The largest absolute Gasteiger partial charge is 0.324 e. The molecule has 1 aromatic rings. The maximum absolute atomic E-state index is 5.98. The van der Waals surface area contributed by atoms with Gasteiger partial charge in [-0.1, -0.05) is 29.3 Å². The minimum atomic E-state index is -0.0203. The normalized spacial score (nSPS) is 12.1. The molecule has 0 saturated heterocycles. The van der Waals surface area contributed by atoms with Gasteiger partial charge in [0.05, 0.1) is 10.0 Å². The van der Waals surface area contributed by atoms with Crippen molar-refractivity contribution in [2.24, 2.45) is 5.73 Å². The van der Waals surface area contributed by atoms with Gasteiger partial charge in [-0.3, -0.25) is 0 Å². The third-order valence-electron chi connectivity index (χ3n) is 2.21. The number of terminal acetylenes is 1. The summed E-state index contributed by atoms with van der Waals surface area (Å²) in [7, 11) is 0. The van der Waals surface area contributed by atoms with Crippen LogP contribution in [0, 0.1) is 12.3 Å². The van der Waals surface area contributed by atoms with Crippen molar-refractivity contribution in [3.63, 3.8) is 0 Å². The SMILES string of the molecule is C#CCCCC(N)c1ccc(Cl)c(Cl)c1. The molecular formula is C12H13Cl2N. The molecule has 0 bridgehead atoms. The van der Waals surface area contributed by atoms with E-state index in [0.717, 1.165) is 24.8 Å². The molecule has 0 saturated carbocycles.